The highest BCUT2D eigenvalue weighted by atomic mass is 32.2. The average Bonchev–Trinajstić information content (AvgIpc) is 2.92. The molecule has 4 aliphatic rings. The Morgan fingerprint density at radius 3 is 2.07 bits per heavy atom. The number of esters is 2. The smallest absolute Gasteiger partial charge is 0.451 e. The normalized spacial score (nSPS) is 34.3. The second-order valence-electron chi connectivity index (χ2n) is 7.71. The predicted octanol–water partition coefficient (Wildman–Crippen LogP) is 2.02. The van der Waals surface area contributed by atoms with Gasteiger partial charge in [0.05, 0.1) is 6.61 Å². The zero-order valence-electron chi connectivity index (χ0n) is 14.0. The van der Waals surface area contributed by atoms with E-state index in [1.807, 2.05) is 0 Å². The molecule has 0 radical (unpaired) electrons. The van der Waals surface area contributed by atoms with Crippen LogP contribution in [0.1, 0.15) is 32.1 Å². The van der Waals surface area contributed by atoms with Gasteiger partial charge in [-0.3, -0.25) is 4.55 Å². The average molecular weight is 418 g/mol. The number of hydrogen-bond acceptors (Lipinski definition) is 6. The number of halogens is 4. The van der Waals surface area contributed by atoms with Crippen LogP contribution in [0, 0.1) is 23.2 Å². The lowest BCUT2D eigenvalue weighted by Crippen LogP contribution is -2.55. The van der Waals surface area contributed by atoms with Crippen molar-refractivity contribution in [2.75, 3.05) is 13.2 Å². The molecule has 154 valence electrons. The van der Waals surface area contributed by atoms with Crippen LogP contribution in [0.2, 0.25) is 0 Å². The van der Waals surface area contributed by atoms with E-state index in [-0.39, 0.29) is 12.0 Å². The van der Waals surface area contributed by atoms with Gasteiger partial charge in [0, 0.05) is 5.41 Å². The largest absolute Gasteiger partial charge is 0.463 e. The molecule has 27 heavy (non-hydrogen) atoms. The van der Waals surface area contributed by atoms with E-state index in [9.17, 15) is 35.6 Å². The van der Waals surface area contributed by atoms with E-state index in [0.29, 0.717) is 17.8 Å². The Bertz CT molecular complexity index is 736. The van der Waals surface area contributed by atoms with E-state index in [0.717, 1.165) is 32.1 Å². The van der Waals surface area contributed by atoms with E-state index in [1.54, 1.807) is 0 Å². The van der Waals surface area contributed by atoms with Crippen LogP contribution in [0.25, 0.3) is 0 Å². The molecule has 0 aromatic rings. The maximum Gasteiger partial charge on any atom is 0.451 e. The van der Waals surface area contributed by atoms with Gasteiger partial charge < -0.3 is 9.47 Å². The molecule has 4 aliphatic carbocycles. The highest BCUT2D eigenvalue weighted by Crippen LogP contribution is 2.65. The molecule has 1 N–H and O–H groups in total. The summed E-state index contributed by atoms with van der Waals surface area (Å²) in [5.41, 5.74) is -0.169. The summed E-state index contributed by atoms with van der Waals surface area (Å²) in [7, 11) is -6.53. The highest BCUT2D eigenvalue weighted by molar-refractivity contribution is 7.88. The highest BCUT2D eigenvalue weighted by Gasteiger charge is 2.72. The Kier molecular flexibility index (Phi) is 4.73. The lowest BCUT2D eigenvalue weighted by Gasteiger charge is -2.32. The summed E-state index contributed by atoms with van der Waals surface area (Å²) >= 11 is 0. The Morgan fingerprint density at radius 1 is 1.04 bits per heavy atom. The summed E-state index contributed by atoms with van der Waals surface area (Å²) < 4.78 is 90.1. The number of rotatable bonds is 6. The molecule has 7 nitrogen and oxygen atoms in total. The number of hydrogen-bond donors (Lipinski definition) is 1. The third-order valence-corrected chi connectivity index (χ3v) is 7.09. The first kappa shape index (κ1) is 20.3. The molecular formula is C15H18F4O7S. The van der Waals surface area contributed by atoms with Crippen LogP contribution < -0.4 is 0 Å². The first-order chi connectivity index (χ1) is 12.3. The van der Waals surface area contributed by atoms with Crippen molar-refractivity contribution in [3.8, 4) is 0 Å². The SMILES string of the molecule is O=C(COC(=O)C(F)(C(F)(F)F)S(=O)(=O)O)OCC12CC3CC(CC1C3)C2. The summed E-state index contributed by atoms with van der Waals surface area (Å²) in [6.07, 6.45) is -1.25. The van der Waals surface area contributed by atoms with Gasteiger partial charge in [0.15, 0.2) is 6.61 Å². The van der Waals surface area contributed by atoms with Crippen LogP contribution in [0.5, 0.6) is 0 Å². The fourth-order valence-electron chi connectivity index (χ4n) is 5.05. The minimum absolute atomic E-state index is 0.0272. The standard InChI is InChI=1S/C15H18F4O7S/c16-14(15(17,18)19,27(22,23)24)12(21)25-6-11(20)26-7-13-4-8-1-9(5-13)3-10(13)2-8/h8-10H,1-7H2,(H,22,23,24). The molecule has 0 saturated heterocycles. The second-order valence-corrected chi connectivity index (χ2v) is 9.22. The quantitative estimate of drug-likeness (QED) is 0.399. The predicted molar refractivity (Wildman–Crippen MR) is 79.3 cm³/mol. The molecule has 4 bridgehead atoms. The van der Waals surface area contributed by atoms with Crippen molar-refractivity contribution in [2.24, 2.45) is 23.2 Å². The molecule has 4 rings (SSSR count). The Labute approximate surface area is 152 Å². The summed E-state index contributed by atoms with van der Waals surface area (Å²) in [6, 6.07) is 0. The van der Waals surface area contributed by atoms with Gasteiger partial charge in [-0.05, 0) is 49.9 Å². The van der Waals surface area contributed by atoms with E-state index in [4.69, 9.17) is 9.29 Å². The molecule has 0 aromatic heterocycles. The number of carbonyl (C=O) groups excluding carboxylic acids is 2. The zero-order valence-corrected chi connectivity index (χ0v) is 14.8. The topological polar surface area (TPSA) is 107 Å². The van der Waals surface area contributed by atoms with E-state index in [2.05, 4.69) is 4.74 Å². The van der Waals surface area contributed by atoms with E-state index < -0.39 is 39.8 Å². The van der Waals surface area contributed by atoms with Crippen molar-refractivity contribution in [1.82, 2.24) is 0 Å². The van der Waals surface area contributed by atoms with Gasteiger partial charge in [0.2, 0.25) is 0 Å². The molecule has 0 heterocycles. The van der Waals surface area contributed by atoms with Crippen LogP contribution >= 0.6 is 0 Å². The first-order valence-electron chi connectivity index (χ1n) is 8.34. The molecular weight excluding hydrogens is 400 g/mol. The fourth-order valence-corrected chi connectivity index (χ4v) is 5.61. The van der Waals surface area contributed by atoms with Gasteiger partial charge >= 0.3 is 33.2 Å². The zero-order chi connectivity index (χ0) is 20.3. The van der Waals surface area contributed by atoms with E-state index >= 15 is 0 Å². The van der Waals surface area contributed by atoms with Gasteiger partial charge in [-0.2, -0.15) is 21.6 Å². The van der Waals surface area contributed by atoms with Crippen molar-refractivity contribution >= 4 is 22.1 Å². The number of alkyl halides is 4. The van der Waals surface area contributed by atoms with Crippen molar-refractivity contribution in [3.63, 3.8) is 0 Å². The van der Waals surface area contributed by atoms with Crippen LogP contribution in [0.15, 0.2) is 0 Å². The van der Waals surface area contributed by atoms with Crippen LogP contribution in [-0.2, 0) is 29.2 Å². The van der Waals surface area contributed by atoms with Crippen LogP contribution in [0.3, 0.4) is 0 Å². The lowest BCUT2D eigenvalue weighted by molar-refractivity contribution is -0.216. The molecule has 12 heteroatoms. The Morgan fingerprint density at radius 2 is 1.59 bits per heavy atom. The molecule has 4 saturated carbocycles. The minimum Gasteiger partial charge on any atom is -0.463 e. The van der Waals surface area contributed by atoms with Crippen molar-refractivity contribution in [3.05, 3.63) is 0 Å². The maximum absolute atomic E-state index is 13.7. The number of ether oxygens (including phenoxy) is 2. The molecule has 3 atom stereocenters. The molecule has 0 aromatic carbocycles. The second kappa shape index (κ2) is 6.29. The van der Waals surface area contributed by atoms with Gasteiger partial charge in [-0.15, -0.1) is 0 Å². The summed E-state index contributed by atoms with van der Waals surface area (Å²) in [5, 5.41) is -5.68. The molecule has 4 fully saturated rings. The third kappa shape index (κ3) is 3.30. The number of carbonyl (C=O) groups is 2. The molecule has 0 amide bonds. The summed E-state index contributed by atoms with van der Waals surface area (Å²) in [4.78, 5) is 23.0. The van der Waals surface area contributed by atoms with Crippen molar-refractivity contribution in [2.45, 2.75) is 43.3 Å². The summed E-state index contributed by atoms with van der Waals surface area (Å²) in [5.74, 6) is -2.60. The van der Waals surface area contributed by atoms with Crippen molar-refractivity contribution in [1.29, 1.82) is 0 Å². The third-order valence-electron chi connectivity index (χ3n) is 5.98. The molecule has 0 spiro atoms. The van der Waals surface area contributed by atoms with Crippen LogP contribution in [-0.4, -0.2) is 49.3 Å². The van der Waals surface area contributed by atoms with Crippen LogP contribution in [0.4, 0.5) is 17.6 Å². The molecule has 0 aliphatic heterocycles. The van der Waals surface area contributed by atoms with Gasteiger partial charge in [0.1, 0.15) is 0 Å². The summed E-state index contributed by atoms with van der Waals surface area (Å²) in [6.45, 7) is -1.37. The van der Waals surface area contributed by atoms with Gasteiger partial charge in [0.25, 0.3) is 0 Å². The Balaban J connectivity index is 1.55. The fraction of sp³-hybridized carbons (Fsp3) is 0.867. The first-order valence-corrected chi connectivity index (χ1v) is 9.78. The van der Waals surface area contributed by atoms with E-state index in [1.165, 1.54) is 0 Å². The molecule has 3 unspecified atom stereocenters. The Hall–Kier alpha value is -1.43. The maximum atomic E-state index is 13.7. The minimum atomic E-state index is -6.53. The monoisotopic (exact) mass is 418 g/mol. The van der Waals surface area contributed by atoms with Gasteiger partial charge in [-0.1, -0.05) is 0 Å². The lowest BCUT2D eigenvalue weighted by atomic mass is 9.76. The van der Waals surface area contributed by atoms with Gasteiger partial charge in [-0.25, -0.2) is 14.0 Å². The van der Waals surface area contributed by atoms with Crippen molar-refractivity contribution < 1.29 is 49.6 Å².